The van der Waals surface area contributed by atoms with E-state index < -0.39 is 0 Å². The van der Waals surface area contributed by atoms with Crippen LogP contribution in [0.1, 0.15) is 24.1 Å². The number of hydrogen-bond acceptors (Lipinski definition) is 2. The number of benzene rings is 2. The van der Waals surface area contributed by atoms with E-state index in [1.807, 2.05) is 12.1 Å². The average Bonchev–Trinajstić information content (AvgIpc) is 2.82. The molecule has 0 aliphatic carbocycles. The smallest absolute Gasteiger partial charge is 0.178 e. The first-order valence-electron chi connectivity index (χ1n) is 6.95. The van der Waals surface area contributed by atoms with E-state index in [4.69, 9.17) is 17.0 Å². The predicted octanol–water partition coefficient (Wildman–Crippen LogP) is 4.63. The highest BCUT2D eigenvalue weighted by molar-refractivity contribution is 7.71. The lowest BCUT2D eigenvalue weighted by Crippen LogP contribution is -2.06. The van der Waals surface area contributed by atoms with Gasteiger partial charge in [0.05, 0.1) is 24.2 Å². The Morgan fingerprint density at radius 3 is 2.52 bits per heavy atom. The maximum Gasteiger partial charge on any atom is 0.178 e. The van der Waals surface area contributed by atoms with Crippen molar-refractivity contribution in [2.45, 2.75) is 19.9 Å². The largest absolute Gasteiger partial charge is 0.497 e. The van der Waals surface area contributed by atoms with E-state index >= 15 is 0 Å². The van der Waals surface area contributed by atoms with E-state index in [0.29, 0.717) is 0 Å². The third kappa shape index (κ3) is 2.47. The number of nitrogens with one attached hydrogen (secondary N) is 1. The zero-order valence-electron chi connectivity index (χ0n) is 12.4. The molecule has 3 nitrogen and oxygen atoms in total. The third-order valence-corrected chi connectivity index (χ3v) is 4.16. The van der Waals surface area contributed by atoms with Crippen LogP contribution in [0.15, 0.2) is 42.5 Å². The van der Waals surface area contributed by atoms with Gasteiger partial charge in [-0.3, -0.25) is 0 Å². The summed E-state index contributed by atoms with van der Waals surface area (Å²) in [6.07, 6.45) is 0. The first kappa shape index (κ1) is 13.9. The summed E-state index contributed by atoms with van der Waals surface area (Å²) >= 11 is 5.50. The Bertz CT molecular complexity index is 830. The zero-order chi connectivity index (χ0) is 15.0. The van der Waals surface area contributed by atoms with Gasteiger partial charge in [-0.2, -0.15) is 0 Å². The number of aryl methyl sites for hydroxylation is 1. The van der Waals surface area contributed by atoms with Gasteiger partial charge in [0.2, 0.25) is 0 Å². The van der Waals surface area contributed by atoms with E-state index in [9.17, 15) is 0 Å². The van der Waals surface area contributed by atoms with Gasteiger partial charge in [0, 0.05) is 0 Å². The molecule has 3 aromatic rings. The average molecular weight is 298 g/mol. The molecule has 1 N–H and O–H groups in total. The monoisotopic (exact) mass is 298 g/mol. The van der Waals surface area contributed by atoms with Crippen molar-refractivity contribution in [3.63, 3.8) is 0 Å². The SMILES string of the molecule is COc1ccc(C(C)n2c(=S)[nH]c3ccc(C)cc32)cc1. The Morgan fingerprint density at radius 1 is 1.14 bits per heavy atom. The standard InChI is InChI=1S/C17H18N2OS/c1-11-4-9-15-16(10-11)19(17(21)18-15)12(2)13-5-7-14(20-3)8-6-13/h4-10,12H,1-3H3,(H,18,21). The number of rotatable bonds is 3. The summed E-state index contributed by atoms with van der Waals surface area (Å²) in [7, 11) is 1.68. The molecular formula is C17H18N2OS. The van der Waals surface area contributed by atoms with Crippen molar-refractivity contribution in [2.75, 3.05) is 7.11 Å². The zero-order valence-corrected chi connectivity index (χ0v) is 13.2. The number of nitrogens with zero attached hydrogens (tertiary/aromatic N) is 1. The molecule has 1 heterocycles. The predicted molar refractivity (Wildman–Crippen MR) is 88.7 cm³/mol. The van der Waals surface area contributed by atoms with E-state index in [2.05, 4.69) is 53.7 Å². The first-order valence-corrected chi connectivity index (χ1v) is 7.36. The van der Waals surface area contributed by atoms with Crippen molar-refractivity contribution >= 4 is 23.3 Å². The number of aromatic amines is 1. The van der Waals surface area contributed by atoms with Gasteiger partial charge in [0.25, 0.3) is 0 Å². The van der Waals surface area contributed by atoms with Crippen LogP contribution in [0.3, 0.4) is 0 Å². The molecule has 0 amide bonds. The van der Waals surface area contributed by atoms with Crippen molar-refractivity contribution in [3.05, 3.63) is 58.4 Å². The van der Waals surface area contributed by atoms with Crippen molar-refractivity contribution in [3.8, 4) is 5.75 Å². The molecule has 0 aliphatic heterocycles. The number of H-pyrrole nitrogens is 1. The fraction of sp³-hybridized carbons (Fsp3) is 0.235. The minimum atomic E-state index is 0.166. The fourth-order valence-electron chi connectivity index (χ4n) is 2.65. The molecule has 0 aliphatic rings. The van der Waals surface area contributed by atoms with Crippen molar-refractivity contribution in [1.29, 1.82) is 0 Å². The normalized spacial score (nSPS) is 12.5. The number of imidazole rings is 1. The van der Waals surface area contributed by atoms with Gasteiger partial charge in [0.1, 0.15) is 5.75 Å². The van der Waals surface area contributed by atoms with Gasteiger partial charge in [-0.25, -0.2) is 0 Å². The maximum atomic E-state index is 5.50. The van der Waals surface area contributed by atoms with E-state index in [1.54, 1.807) is 7.11 Å². The van der Waals surface area contributed by atoms with Crippen LogP contribution in [-0.4, -0.2) is 16.7 Å². The number of hydrogen-bond donors (Lipinski definition) is 1. The molecule has 0 fully saturated rings. The third-order valence-electron chi connectivity index (χ3n) is 3.86. The molecule has 2 aromatic carbocycles. The second-order valence-electron chi connectivity index (χ2n) is 5.27. The number of fused-ring (bicyclic) bond motifs is 1. The van der Waals surface area contributed by atoms with Crippen LogP contribution in [0.5, 0.6) is 5.75 Å². The van der Waals surface area contributed by atoms with E-state index in [1.165, 1.54) is 11.1 Å². The summed E-state index contributed by atoms with van der Waals surface area (Å²) < 4.78 is 8.13. The summed E-state index contributed by atoms with van der Waals surface area (Å²) in [4.78, 5) is 3.28. The highest BCUT2D eigenvalue weighted by atomic mass is 32.1. The highest BCUT2D eigenvalue weighted by Gasteiger charge is 2.13. The first-order chi connectivity index (χ1) is 10.1. The highest BCUT2D eigenvalue weighted by Crippen LogP contribution is 2.26. The molecule has 4 heteroatoms. The molecule has 3 rings (SSSR count). The molecule has 1 aromatic heterocycles. The van der Waals surface area contributed by atoms with Gasteiger partial charge in [0.15, 0.2) is 4.77 Å². The molecule has 108 valence electrons. The molecule has 1 unspecified atom stereocenters. The Labute approximate surface area is 129 Å². The van der Waals surface area contributed by atoms with Crippen LogP contribution in [0.25, 0.3) is 11.0 Å². The Kier molecular flexibility index (Phi) is 3.55. The molecule has 1 atom stereocenters. The van der Waals surface area contributed by atoms with Crippen molar-refractivity contribution in [1.82, 2.24) is 9.55 Å². The van der Waals surface area contributed by atoms with Gasteiger partial charge < -0.3 is 14.3 Å². The summed E-state index contributed by atoms with van der Waals surface area (Å²) in [6.45, 7) is 4.26. The summed E-state index contributed by atoms with van der Waals surface area (Å²) in [5.41, 5.74) is 4.65. The van der Waals surface area contributed by atoms with Gasteiger partial charge in [-0.05, 0) is 61.5 Å². The topological polar surface area (TPSA) is 29.9 Å². The Morgan fingerprint density at radius 2 is 1.86 bits per heavy atom. The van der Waals surface area contributed by atoms with Crippen LogP contribution in [0.4, 0.5) is 0 Å². The lowest BCUT2D eigenvalue weighted by Gasteiger charge is -2.16. The van der Waals surface area contributed by atoms with E-state index in [-0.39, 0.29) is 6.04 Å². The summed E-state index contributed by atoms with van der Waals surface area (Å²) in [5, 5.41) is 0. The van der Waals surface area contributed by atoms with Crippen LogP contribution in [0.2, 0.25) is 0 Å². The summed E-state index contributed by atoms with van der Waals surface area (Å²) in [5.74, 6) is 0.865. The van der Waals surface area contributed by atoms with Gasteiger partial charge in [-0.15, -0.1) is 0 Å². The number of aromatic nitrogens is 2. The lowest BCUT2D eigenvalue weighted by atomic mass is 10.1. The minimum absolute atomic E-state index is 0.166. The molecule has 0 spiro atoms. The molecule has 0 radical (unpaired) electrons. The van der Waals surface area contributed by atoms with Crippen molar-refractivity contribution in [2.24, 2.45) is 0 Å². The maximum absolute atomic E-state index is 5.50. The van der Waals surface area contributed by atoms with Gasteiger partial charge in [-0.1, -0.05) is 18.2 Å². The number of methoxy groups -OCH3 is 1. The second kappa shape index (κ2) is 5.37. The van der Waals surface area contributed by atoms with Gasteiger partial charge >= 0.3 is 0 Å². The fourth-order valence-corrected chi connectivity index (χ4v) is 3.01. The summed E-state index contributed by atoms with van der Waals surface area (Å²) in [6, 6.07) is 14.6. The molecular weight excluding hydrogens is 280 g/mol. The molecule has 0 bridgehead atoms. The van der Waals surface area contributed by atoms with Crippen LogP contribution in [-0.2, 0) is 0 Å². The minimum Gasteiger partial charge on any atom is -0.497 e. The molecule has 0 saturated heterocycles. The van der Waals surface area contributed by atoms with Crippen LogP contribution in [0, 0.1) is 11.7 Å². The van der Waals surface area contributed by atoms with E-state index in [0.717, 1.165) is 21.6 Å². The lowest BCUT2D eigenvalue weighted by molar-refractivity contribution is 0.414. The molecule has 0 saturated carbocycles. The van der Waals surface area contributed by atoms with Crippen molar-refractivity contribution < 1.29 is 4.74 Å². The second-order valence-corrected chi connectivity index (χ2v) is 5.66. The van der Waals surface area contributed by atoms with Crippen LogP contribution < -0.4 is 4.74 Å². The number of ether oxygens (including phenoxy) is 1. The van der Waals surface area contributed by atoms with Crippen LogP contribution >= 0.6 is 12.2 Å². The Balaban J connectivity index is 2.12. The quantitative estimate of drug-likeness (QED) is 0.715. The molecule has 21 heavy (non-hydrogen) atoms. The Hall–Kier alpha value is -2.07.